The van der Waals surface area contributed by atoms with Gasteiger partial charge in [-0.25, -0.2) is 4.68 Å². The first-order valence-corrected chi connectivity index (χ1v) is 12.8. The molecule has 2 heterocycles. The van der Waals surface area contributed by atoms with Gasteiger partial charge < -0.3 is 30.0 Å². The van der Waals surface area contributed by atoms with Gasteiger partial charge in [-0.3, -0.25) is 19.7 Å². The van der Waals surface area contributed by atoms with Crippen molar-refractivity contribution in [1.82, 2.24) is 15.1 Å². The van der Waals surface area contributed by atoms with E-state index in [-0.39, 0.29) is 24.3 Å². The van der Waals surface area contributed by atoms with Gasteiger partial charge in [0.25, 0.3) is 11.5 Å². The van der Waals surface area contributed by atoms with Gasteiger partial charge in [-0.2, -0.15) is 5.10 Å². The lowest BCUT2D eigenvalue weighted by atomic mass is 10.1. The van der Waals surface area contributed by atoms with E-state index in [9.17, 15) is 14.4 Å². The lowest BCUT2D eigenvalue weighted by Gasteiger charge is -2.21. The lowest BCUT2D eigenvalue weighted by molar-refractivity contribution is -0.136. The average molecular weight is 540 g/mol. The predicted molar refractivity (Wildman–Crippen MR) is 145 cm³/mol. The molecule has 39 heavy (non-hydrogen) atoms. The number of hydrogen-bond donors (Lipinski definition) is 3. The Morgan fingerprint density at radius 1 is 0.923 bits per heavy atom. The zero-order valence-corrected chi connectivity index (χ0v) is 21.6. The Morgan fingerprint density at radius 3 is 2.33 bits per heavy atom. The Balaban J connectivity index is 1.06. The van der Waals surface area contributed by atoms with Gasteiger partial charge in [-0.05, 0) is 48.9 Å². The summed E-state index contributed by atoms with van der Waals surface area (Å²) in [6.07, 6.45) is 1.98. The molecule has 12 nitrogen and oxygen atoms in total. The number of fused-ring (bicyclic) bond motifs is 1. The van der Waals surface area contributed by atoms with Crippen LogP contribution in [0.2, 0.25) is 0 Å². The molecule has 3 aromatic rings. The van der Waals surface area contributed by atoms with Gasteiger partial charge in [0.05, 0.1) is 51.2 Å². The zero-order valence-electron chi connectivity index (χ0n) is 21.6. The highest BCUT2D eigenvalue weighted by atomic mass is 16.6. The highest BCUT2D eigenvalue weighted by Gasteiger charge is 2.29. The van der Waals surface area contributed by atoms with Gasteiger partial charge in [0.15, 0.2) is 0 Å². The van der Waals surface area contributed by atoms with Crippen LogP contribution < -0.4 is 26.7 Å². The van der Waals surface area contributed by atoms with E-state index in [2.05, 4.69) is 15.7 Å². The Kier molecular flexibility index (Phi) is 10.2. The number of anilines is 2. The van der Waals surface area contributed by atoms with Crippen LogP contribution in [-0.2, 0) is 23.8 Å². The fourth-order valence-corrected chi connectivity index (χ4v) is 4.00. The van der Waals surface area contributed by atoms with Crippen LogP contribution in [0.1, 0.15) is 18.9 Å². The molecule has 1 fully saturated rings. The van der Waals surface area contributed by atoms with E-state index < -0.39 is 11.9 Å². The fraction of sp³-hybridized carbons (Fsp3) is 0.407. The minimum Gasteiger partial charge on any atom is -0.491 e. The van der Waals surface area contributed by atoms with Crippen LogP contribution in [0.5, 0.6) is 5.75 Å². The normalized spacial score (nSPS) is 15.3. The van der Waals surface area contributed by atoms with E-state index >= 15 is 0 Å². The maximum absolute atomic E-state index is 12.9. The van der Waals surface area contributed by atoms with Crippen molar-refractivity contribution in [1.29, 1.82) is 0 Å². The van der Waals surface area contributed by atoms with Crippen molar-refractivity contribution >= 4 is 34.0 Å². The van der Waals surface area contributed by atoms with Gasteiger partial charge in [0.1, 0.15) is 18.4 Å². The number of imide groups is 1. The monoisotopic (exact) mass is 539 g/mol. The largest absolute Gasteiger partial charge is 0.491 e. The van der Waals surface area contributed by atoms with Gasteiger partial charge >= 0.3 is 0 Å². The number of hydrogen-bond acceptors (Lipinski definition) is 10. The Labute approximate surface area is 225 Å². The second-order valence-corrected chi connectivity index (χ2v) is 8.84. The van der Waals surface area contributed by atoms with Crippen molar-refractivity contribution in [3.05, 3.63) is 59.0 Å². The summed E-state index contributed by atoms with van der Waals surface area (Å²) < 4.78 is 23.3. The lowest BCUT2D eigenvalue weighted by Crippen LogP contribution is -2.45. The molecule has 1 aliphatic rings. The molecule has 0 bridgehead atoms. The van der Waals surface area contributed by atoms with Crippen LogP contribution >= 0.6 is 0 Å². The number of aromatic nitrogens is 2. The second kappa shape index (κ2) is 14.2. The minimum absolute atomic E-state index is 0.177. The SMILES string of the molecule is Nc1ccc(OCCOCCOCCOCCNc2ccc3c(=O)n(C4CCC(=O)NC4=O)ncc3c2)cc1. The number of rotatable bonds is 15. The summed E-state index contributed by atoms with van der Waals surface area (Å²) in [7, 11) is 0. The summed E-state index contributed by atoms with van der Waals surface area (Å²) >= 11 is 0. The number of ether oxygens (including phenoxy) is 4. The van der Waals surface area contributed by atoms with E-state index in [0.717, 1.165) is 16.1 Å². The number of nitrogen functional groups attached to an aromatic ring is 1. The van der Waals surface area contributed by atoms with E-state index in [1.165, 1.54) is 0 Å². The van der Waals surface area contributed by atoms with Crippen LogP contribution in [0, 0.1) is 0 Å². The summed E-state index contributed by atoms with van der Waals surface area (Å²) in [6.45, 7) is 3.85. The summed E-state index contributed by atoms with van der Waals surface area (Å²) in [5.74, 6) is -0.0887. The van der Waals surface area contributed by atoms with E-state index in [4.69, 9.17) is 24.7 Å². The van der Waals surface area contributed by atoms with E-state index in [1.807, 2.05) is 18.2 Å². The molecule has 208 valence electrons. The number of nitrogens with zero attached hydrogens (tertiary/aromatic N) is 2. The first kappa shape index (κ1) is 28.0. The molecular formula is C27H33N5O7. The topological polar surface area (TPSA) is 156 Å². The Hall–Kier alpha value is -4.00. The molecule has 1 unspecified atom stereocenters. The Morgan fingerprint density at radius 2 is 1.62 bits per heavy atom. The summed E-state index contributed by atoms with van der Waals surface area (Å²) in [5.41, 5.74) is 6.78. The third kappa shape index (κ3) is 8.24. The third-order valence-electron chi connectivity index (χ3n) is 6.01. The molecule has 0 aliphatic carbocycles. The molecule has 1 aromatic heterocycles. The van der Waals surface area contributed by atoms with Gasteiger partial charge in [0, 0.05) is 29.7 Å². The minimum atomic E-state index is -0.786. The standard InChI is InChI=1S/C27H33N5O7/c28-20-1-4-22(5-2-20)39-16-15-38-14-13-37-12-11-36-10-9-29-21-3-6-23-19(17-21)18-30-32(27(23)35)24-7-8-25(33)31-26(24)34/h1-6,17-18,24,29H,7-16,28H2,(H,31,33,34). The van der Waals surface area contributed by atoms with E-state index in [0.29, 0.717) is 69.3 Å². The quantitative estimate of drug-likeness (QED) is 0.147. The predicted octanol–water partition coefficient (Wildman–Crippen LogP) is 1.50. The van der Waals surface area contributed by atoms with Crippen molar-refractivity contribution in [2.75, 3.05) is 63.8 Å². The number of piperidine rings is 1. The molecular weight excluding hydrogens is 506 g/mol. The van der Waals surface area contributed by atoms with Gasteiger partial charge in [0.2, 0.25) is 5.91 Å². The first-order valence-electron chi connectivity index (χ1n) is 12.8. The van der Waals surface area contributed by atoms with Gasteiger partial charge in [-0.1, -0.05) is 0 Å². The maximum atomic E-state index is 12.9. The number of nitrogens with two attached hydrogens (primary N) is 1. The molecule has 0 spiro atoms. The number of carbonyl (C=O) groups excluding carboxylic acids is 2. The molecule has 12 heteroatoms. The van der Waals surface area contributed by atoms with Crippen molar-refractivity contribution in [3.63, 3.8) is 0 Å². The van der Waals surface area contributed by atoms with Crippen molar-refractivity contribution in [3.8, 4) is 5.75 Å². The van der Waals surface area contributed by atoms with Crippen molar-refractivity contribution in [2.24, 2.45) is 0 Å². The van der Waals surface area contributed by atoms with E-state index in [1.54, 1.807) is 30.5 Å². The summed E-state index contributed by atoms with van der Waals surface area (Å²) in [5, 5.41) is 10.8. The molecule has 0 radical (unpaired) electrons. The highest BCUT2D eigenvalue weighted by Crippen LogP contribution is 2.19. The van der Waals surface area contributed by atoms with Crippen LogP contribution in [-0.4, -0.2) is 74.4 Å². The molecule has 0 saturated carbocycles. The number of nitrogens with one attached hydrogen (secondary N) is 2. The smallest absolute Gasteiger partial charge is 0.275 e. The second-order valence-electron chi connectivity index (χ2n) is 8.84. The average Bonchev–Trinajstić information content (AvgIpc) is 2.93. The fourth-order valence-electron chi connectivity index (χ4n) is 4.00. The van der Waals surface area contributed by atoms with Crippen molar-refractivity contribution < 1.29 is 28.5 Å². The molecule has 1 aliphatic heterocycles. The van der Waals surface area contributed by atoms with Crippen LogP contribution in [0.3, 0.4) is 0 Å². The van der Waals surface area contributed by atoms with Crippen LogP contribution in [0.15, 0.2) is 53.5 Å². The number of benzene rings is 2. The molecule has 1 atom stereocenters. The first-order chi connectivity index (χ1) is 19.0. The molecule has 4 N–H and O–H groups in total. The molecule has 4 rings (SSSR count). The molecule has 2 amide bonds. The highest BCUT2D eigenvalue weighted by molar-refractivity contribution is 5.99. The summed E-state index contributed by atoms with van der Waals surface area (Å²) in [6, 6.07) is 11.7. The summed E-state index contributed by atoms with van der Waals surface area (Å²) in [4.78, 5) is 36.4. The van der Waals surface area contributed by atoms with Crippen LogP contribution in [0.4, 0.5) is 11.4 Å². The zero-order chi connectivity index (χ0) is 27.5. The Bertz CT molecular complexity index is 1310. The number of carbonyl (C=O) groups is 2. The van der Waals surface area contributed by atoms with Gasteiger partial charge in [-0.15, -0.1) is 0 Å². The van der Waals surface area contributed by atoms with Crippen LogP contribution in [0.25, 0.3) is 10.8 Å². The van der Waals surface area contributed by atoms with Crippen molar-refractivity contribution in [2.45, 2.75) is 18.9 Å². The molecule has 1 saturated heterocycles. The maximum Gasteiger partial charge on any atom is 0.275 e. The number of amides is 2. The third-order valence-corrected chi connectivity index (χ3v) is 6.01. The molecule has 2 aromatic carbocycles.